The van der Waals surface area contributed by atoms with Gasteiger partial charge in [0, 0.05) is 24.9 Å². The molecule has 2 amide bonds. The van der Waals surface area contributed by atoms with Crippen LogP contribution in [0.1, 0.15) is 41.5 Å². The molecule has 0 saturated carbocycles. The second-order valence-corrected chi connectivity index (χ2v) is 9.90. The molecule has 30 heavy (non-hydrogen) atoms. The predicted molar refractivity (Wildman–Crippen MR) is 113 cm³/mol. The van der Waals surface area contributed by atoms with Crippen LogP contribution in [-0.4, -0.2) is 94.9 Å². The van der Waals surface area contributed by atoms with E-state index in [9.17, 15) is 19.8 Å². The first-order valence-electron chi connectivity index (χ1n) is 10.4. The third-order valence-corrected chi connectivity index (χ3v) is 4.72. The summed E-state index contributed by atoms with van der Waals surface area (Å²) in [4.78, 5) is 26.3. The van der Waals surface area contributed by atoms with Gasteiger partial charge in [0.25, 0.3) is 0 Å². The second kappa shape index (κ2) is 10.6. The number of carbonyl (C=O) groups is 2. The predicted octanol–water partition coefficient (Wildman–Crippen LogP) is 0.346. The Morgan fingerprint density at radius 3 is 1.27 bits per heavy atom. The SMILES string of the molecule is CC(C)(C)OC(=O)N1CC(O)C(CN)C1.CC(C)(C)OC(=O)N1CC(O)C(CN)C1. The molecule has 10 heteroatoms. The number of likely N-dealkylation sites (tertiary alicyclic amines) is 2. The Labute approximate surface area is 179 Å². The molecule has 0 aromatic heterocycles. The largest absolute Gasteiger partial charge is 0.444 e. The van der Waals surface area contributed by atoms with Crippen molar-refractivity contribution in [1.29, 1.82) is 0 Å². The minimum atomic E-state index is -0.525. The zero-order valence-corrected chi connectivity index (χ0v) is 19.1. The number of nitrogens with two attached hydrogens (primary N) is 2. The Morgan fingerprint density at radius 2 is 1.07 bits per heavy atom. The van der Waals surface area contributed by atoms with Gasteiger partial charge >= 0.3 is 12.2 Å². The highest BCUT2D eigenvalue weighted by molar-refractivity contribution is 5.69. The van der Waals surface area contributed by atoms with Gasteiger partial charge in [0.2, 0.25) is 0 Å². The number of aliphatic hydroxyl groups is 2. The maximum absolute atomic E-state index is 11.6. The number of nitrogens with zero attached hydrogens (tertiary/aromatic N) is 2. The summed E-state index contributed by atoms with van der Waals surface area (Å²) in [5, 5.41) is 19.2. The summed E-state index contributed by atoms with van der Waals surface area (Å²) >= 11 is 0. The topological polar surface area (TPSA) is 152 Å². The third-order valence-electron chi connectivity index (χ3n) is 4.72. The van der Waals surface area contributed by atoms with Gasteiger partial charge < -0.3 is 41.0 Å². The van der Waals surface area contributed by atoms with Gasteiger partial charge in [0.15, 0.2) is 0 Å². The summed E-state index contributed by atoms with van der Waals surface area (Å²) in [6.45, 7) is 13.3. The van der Waals surface area contributed by atoms with Gasteiger partial charge in [-0.05, 0) is 54.6 Å². The Morgan fingerprint density at radius 1 is 0.767 bits per heavy atom. The number of carbonyl (C=O) groups excluding carboxylic acids is 2. The van der Waals surface area contributed by atoms with Crippen LogP contribution in [0.4, 0.5) is 9.59 Å². The lowest BCUT2D eigenvalue weighted by Crippen LogP contribution is -2.36. The molecular formula is C20H40N4O6. The molecule has 0 bridgehead atoms. The van der Waals surface area contributed by atoms with E-state index in [4.69, 9.17) is 20.9 Å². The second-order valence-electron chi connectivity index (χ2n) is 9.90. The van der Waals surface area contributed by atoms with Crippen LogP contribution in [0.25, 0.3) is 0 Å². The maximum atomic E-state index is 11.6. The van der Waals surface area contributed by atoms with E-state index in [0.29, 0.717) is 39.3 Å². The average molecular weight is 433 g/mol. The smallest absolute Gasteiger partial charge is 0.410 e. The van der Waals surface area contributed by atoms with Crippen LogP contribution in [-0.2, 0) is 9.47 Å². The van der Waals surface area contributed by atoms with Crippen molar-refractivity contribution in [1.82, 2.24) is 9.80 Å². The lowest BCUT2D eigenvalue weighted by Gasteiger charge is -2.24. The molecule has 2 rings (SSSR count). The fraction of sp³-hybridized carbons (Fsp3) is 0.900. The molecule has 2 aliphatic heterocycles. The number of β-amino-alcohol motifs (C(OH)–C–C–N with tert-alkyl or cyclic N) is 2. The molecule has 10 nitrogen and oxygen atoms in total. The maximum Gasteiger partial charge on any atom is 0.410 e. The van der Waals surface area contributed by atoms with Gasteiger partial charge in [-0.15, -0.1) is 0 Å². The summed E-state index contributed by atoms with van der Waals surface area (Å²) in [5.41, 5.74) is 9.96. The van der Waals surface area contributed by atoms with E-state index in [1.165, 1.54) is 9.80 Å². The van der Waals surface area contributed by atoms with Crippen molar-refractivity contribution in [2.75, 3.05) is 39.3 Å². The summed E-state index contributed by atoms with van der Waals surface area (Å²) in [7, 11) is 0. The van der Waals surface area contributed by atoms with Gasteiger partial charge in [-0.1, -0.05) is 0 Å². The lowest BCUT2D eigenvalue weighted by atomic mass is 10.1. The first-order valence-corrected chi connectivity index (χ1v) is 10.4. The van der Waals surface area contributed by atoms with E-state index >= 15 is 0 Å². The summed E-state index contributed by atoms with van der Waals surface area (Å²) in [6, 6.07) is 0. The van der Waals surface area contributed by atoms with E-state index in [1.54, 1.807) is 0 Å². The van der Waals surface area contributed by atoms with Crippen LogP contribution >= 0.6 is 0 Å². The fourth-order valence-electron chi connectivity index (χ4n) is 3.12. The summed E-state index contributed by atoms with van der Waals surface area (Å²) in [5.74, 6) is -0.0602. The molecule has 2 saturated heterocycles. The molecule has 0 radical (unpaired) electrons. The van der Waals surface area contributed by atoms with Gasteiger partial charge in [-0.25, -0.2) is 9.59 Å². The lowest BCUT2D eigenvalue weighted by molar-refractivity contribution is 0.0261. The zero-order chi connectivity index (χ0) is 23.3. The van der Waals surface area contributed by atoms with Gasteiger partial charge in [0.1, 0.15) is 11.2 Å². The van der Waals surface area contributed by atoms with Crippen LogP contribution in [0.3, 0.4) is 0 Å². The Bertz CT molecular complexity index is 525. The van der Waals surface area contributed by atoms with E-state index in [1.807, 2.05) is 41.5 Å². The number of rotatable bonds is 2. The average Bonchev–Trinajstić information content (AvgIpc) is 3.15. The minimum Gasteiger partial charge on any atom is -0.444 e. The number of hydrogen-bond acceptors (Lipinski definition) is 8. The number of ether oxygens (including phenoxy) is 2. The molecule has 4 unspecified atom stereocenters. The van der Waals surface area contributed by atoms with E-state index in [2.05, 4.69) is 0 Å². The molecular weight excluding hydrogens is 392 g/mol. The van der Waals surface area contributed by atoms with Crippen LogP contribution in [0.2, 0.25) is 0 Å². The fourth-order valence-corrected chi connectivity index (χ4v) is 3.12. The van der Waals surface area contributed by atoms with Crippen molar-refractivity contribution >= 4 is 12.2 Å². The van der Waals surface area contributed by atoms with Crippen molar-refractivity contribution in [3.8, 4) is 0 Å². The molecule has 0 spiro atoms. The van der Waals surface area contributed by atoms with Gasteiger partial charge in [0.05, 0.1) is 25.3 Å². The van der Waals surface area contributed by atoms with Crippen molar-refractivity contribution in [2.45, 2.75) is 65.0 Å². The van der Waals surface area contributed by atoms with Crippen molar-refractivity contribution < 1.29 is 29.3 Å². The van der Waals surface area contributed by atoms with Crippen LogP contribution in [0, 0.1) is 11.8 Å². The highest BCUT2D eigenvalue weighted by Gasteiger charge is 2.36. The van der Waals surface area contributed by atoms with E-state index < -0.39 is 23.4 Å². The minimum absolute atomic E-state index is 0.0301. The first kappa shape index (κ1) is 26.4. The Balaban J connectivity index is 0.000000300. The van der Waals surface area contributed by atoms with Crippen LogP contribution < -0.4 is 11.5 Å². The van der Waals surface area contributed by atoms with Crippen molar-refractivity contribution in [3.63, 3.8) is 0 Å². The highest BCUT2D eigenvalue weighted by Crippen LogP contribution is 2.20. The number of amides is 2. The quantitative estimate of drug-likeness (QED) is 0.488. The van der Waals surface area contributed by atoms with Crippen molar-refractivity contribution in [2.24, 2.45) is 23.3 Å². The van der Waals surface area contributed by atoms with Crippen LogP contribution in [0.5, 0.6) is 0 Å². The number of aliphatic hydroxyl groups excluding tert-OH is 2. The highest BCUT2D eigenvalue weighted by atomic mass is 16.6. The van der Waals surface area contributed by atoms with E-state index in [-0.39, 0.29) is 24.0 Å². The monoisotopic (exact) mass is 432 g/mol. The van der Waals surface area contributed by atoms with Crippen molar-refractivity contribution in [3.05, 3.63) is 0 Å². The van der Waals surface area contributed by atoms with Gasteiger partial charge in [-0.2, -0.15) is 0 Å². The molecule has 2 heterocycles. The van der Waals surface area contributed by atoms with E-state index in [0.717, 1.165) is 0 Å². The molecule has 176 valence electrons. The Kier molecular flexibility index (Phi) is 9.34. The third kappa shape index (κ3) is 8.63. The molecule has 4 atom stereocenters. The molecule has 0 aromatic carbocycles. The summed E-state index contributed by atoms with van der Waals surface area (Å²) in [6.07, 6.45) is -1.81. The standard InChI is InChI=1S/2C10H20N2O3/c2*1-10(2,3)15-9(14)12-5-7(4-11)8(13)6-12/h2*7-8,13H,4-6,11H2,1-3H3. The van der Waals surface area contributed by atoms with Crippen LogP contribution in [0.15, 0.2) is 0 Å². The molecule has 0 aliphatic carbocycles. The Hall–Kier alpha value is -1.62. The normalized spacial score (nSPS) is 26.9. The zero-order valence-electron chi connectivity index (χ0n) is 19.1. The summed E-state index contributed by atoms with van der Waals surface area (Å²) < 4.78 is 10.4. The molecule has 0 aromatic rings. The first-order chi connectivity index (χ1) is 13.7. The molecule has 2 fully saturated rings. The molecule has 2 aliphatic rings. The van der Waals surface area contributed by atoms with Gasteiger partial charge in [-0.3, -0.25) is 0 Å². The number of hydrogen-bond donors (Lipinski definition) is 4. The molecule has 6 N–H and O–H groups in total.